The third kappa shape index (κ3) is 4.06. The molecule has 3 nitrogen and oxygen atoms in total. The molecule has 4 heteroatoms. The number of hydrogen-bond donors (Lipinski definition) is 0. The molecule has 1 aromatic carbocycles. The van der Waals surface area contributed by atoms with E-state index in [1.54, 1.807) is 11.3 Å². The summed E-state index contributed by atoms with van der Waals surface area (Å²) in [6, 6.07) is 12.6. The number of hydrogen-bond acceptors (Lipinski definition) is 4. The molecule has 22 heavy (non-hydrogen) atoms. The summed E-state index contributed by atoms with van der Waals surface area (Å²) in [5.41, 5.74) is 3.47. The standard InChI is InChI=1S/C18H21NO2S/c1-13(11-18(20)21-4)16-9-10-17(22-16)15-8-6-5-7-14(15)12-19(2)3/h5-11H,12H2,1-4H3/b13-11+. The summed E-state index contributed by atoms with van der Waals surface area (Å²) < 4.78 is 4.68. The molecule has 2 rings (SSSR count). The fourth-order valence-corrected chi connectivity index (χ4v) is 3.28. The summed E-state index contributed by atoms with van der Waals surface area (Å²) in [6.07, 6.45) is 1.53. The van der Waals surface area contributed by atoms with Crippen LogP contribution in [0.15, 0.2) is 42.5 Å². The van der Waals surface area contributed by atoms with Crippen LogP contribution in [0.25, 0.3) is 16.0 Å². The first-order valence-electron chi connectivity index (χ1n) is 7.10. The van der Waals surface area contributed by atoms with Crippen molar-refractivity contribution in [2.24, 2.45) is 0 Å². The SMILES string of the molecule is COC(=O)/C=C(\C)c1ccc(-c2ccccc2CN(C)C)s1. The summed E-state index contributed by atoms with van der Waals surface area (Å²) in [5.74, 6) is -0.319. The Hall–Kier alpha value is -1.91. The number of allylic oxidation sites excluding steroid dienone is 1. The molecule has 0 fully saturated rings. The fraction of sp³-hybridized carbons (Fsp3) is 0.278. The number of carbonyl (C=O) groups is 1. The van der Waals surface area contributed by atoms with Gasteiger partial charge >= 0.3 is 5.97 Å². The van der Waals surface area contributed by atoms with E-state index in [1.165, 1.54) is 29.2 Å². The lowest BCUT2D eigenvalue weighted by Crippen LogP contribution is -2.11. The second-order valence-electron chi connectivity index (χ2n) is 5.41. The minimum Gasteiger partial charge on any atom is -0.466 e. The third-order valence-corrected chi connectivity index (χ3v) is 4.55. The van der Waals surface area contributed by atoms with Gasteiger partial charge < -0.3 is 9.64 Å². The van der Waals surface area contributed by atoms with Crippen molar-refractivity contribution in [2.45, 2.75) is 13.5 Å². The zero-order valence-electron chi connectivity index (χ0n) is 13.4. The molecule has 0 saturated carbocycles. The highest BCUT2D eigenvalue weighted by Gasteiger charge is 2.10. The molecule has 0 unspecified atom stereocenters. The van der Waals surface area contributed by atoms with E-state index < -0.39 is 0 Å². The van der Waals surface area contributed by atoms with E-state index in [0.29, 0.717) is 0 Å². The van der Waals surface area contributed by atoms with Crippen molar-refractivity contribution in [2.75, 3.05) is 21.2 Å². The van der Waals surface area contributed by atoms with Crippen molar-refractivity contribution in [3.63, 3.8) is 0 Å². The summed E-state index contributed by atoms with van der Waals surface area (Å²) in [5, 5.41) is 0. The van der Waals surface area contributed by atoms with E-state index in [4.69, 9.17) is 0 Å². The molecule has 0 N–H and O–H groups in total. The first-order valence-corrected chi connectivity index (χ1v) is 7.92. The van der Waals surface area contributed by atoms with Crippen LogP contribution in [-0.2, 0) is 16.1 Å². The van der Waals surface area contributed by atoms with Gasteiger partial charge in [-0.05, 0) is 49.9 Å². The molecule has 0 aliphatic rings. The summed E-state index contributed by atoms with van der Waals surface area (Å²) in [4.78, 5) is 15.8. The highest BCUT2D eigenvalue weighted by atomic mass is 32.1. The van der Waals surface area contributed by atoms with Crippen LogP contribution in [0.2, 0.25) is 0 Å². The van der Waals surface area contributed by atoms with Gasteiger partial charge in [0.25, 0.3) is 0 Å². The zero-order chi connectivity index (χ0) is 16.1. The van der Waals surface area contributed by atoms with E-state index >= 15 is 0 Å². The van der Waals surface area contributed by atoms with Crippen LogP contribution < -0.4 is 0 Å². The van der Waals surface area contributed by atoms with Crippen LogP contribution in [0, 0.1) is 0 Å². The predicted molar refractivity (Wildman–Crippen MR) is 92.8 cm³/mol. The van der Waals surface area contributed by atoms with Crippen molar-refractivity contribution in [1.29, 1.82) is 0 Å². The lowest BCUT2D eigenvalue weighted by atomic mass is 10.1. The number of methoxy groups -OCH3 is 1. The Balaban J connectivity index is 2.33. The van der Waals surface area contributed by atoms with Crippen molar-refractivity contribution in [1.82, 2.24) is 4.90 Å². The number of nitrogens with zero attached hydrogens (tertiary/aromatic N) is 1. The molecule has 0 aliphatic carbocycles. The van der Waals surface area contributed by atoms with E-state index in [9.17, 15) is 4.79 Å². The first-order chi connectivity index (χ1) is 10.5. The second-order valence-corrected chi connectivity index (χ2v) is 6.49. The van der Waals surface area contributed by atoms with Crippen molar-refractivity contribution < 1.29 is 9.53 Å². The van der Waals surface area contributed by atoms with E-state index in [1.807, 2.05) is 6.92 Å². The Labute approximate surface area is 135 Å². The monoisotopic (exact) mass is 315 g/mol. The highest BCUT2D eigenvalue weighted by Crippen LogP contribution is 2.34. The Morgan fingerprint density at radius 3 is 2.64 bits per heavy atom. The molecule has 0 radical (unpaired) electrons. The van der Waals surface area contributed by atoms with Crippen LogP contribution in [0.1, 0.15) is 17.4 Å². The number of benzene rings is 1. The van der Waals surface area contributed by atoms with Gasteiger partial charge in [0.1, 0.15) is 0 Å². The Morgan fingerprint density at radius 2 is 1.95 bits per heavy atom. The Bertz CT molecular complexity index is 686. The largest absolute Gasteiger partial charge is 0.466 e. The lowest BCUT2D eigenvalue weighted by molar-refractivity contribution is -0.134. The van der Waals surface area contributed by atoms with Crippen LogP contribution in [-0.4, -0.2) is 32.1 Å². The summed E-state index contributed by atoms with van der Waals surface area (Å²) in [6.45, 7) is 2.83. The van der Waals surface area contributed by atoms with E-state index in [2.05, 4.69) is 60.1 Å². The second kappa shape index (κ2) is 7.38. The van der Waals surface area contributed by atoms with Crippen LogP contribution in [0.3, 0.4) is 0 Å². The van der Waals surface area contributed by atoms with Gasteiger partial charge in [-0.15, -0.1) is 11.3 Å². The number of ether oxygens (including phenoxy) is 1. The fourth-order valence-electron chi connectivity index (χ4n) is 2.24. The number of carbonyl (C=O) groups excluding carboxylic acids is 1. The maximum Gasteiger partial charge on any atom is 0.330 e. The molecule has 0 saturated heterocycles. The molecule has 0 bridgehead atoms. The topological polar surface area (TPSA) is 29.5 Å². The molecule has 1 aromatic heterocycles. The smallest absolute Gasteiger partial charge is 0.330 e. The molecule has 0 amide bonds. The first kappa shape index (κ1) is 16.5. The highest BCUT2D eigenvalue weighted by molar-refractivity contribution is 7.16. The van der Waals surface area contributed by atoms with Gasteiger partial charge in [-0.1, -0.05) is 24.3 Å². The third-order valence-electron chi connectivity index (χ3n) is 3.30. The summed E-state index contributed by atoms with van der Waals surface area (Å²) in [7, 11) is 5.53. The average Bonchev–Trinajstić information content (AvgIpc) is 2.96. The van der Waals surface area contributed by atoms with Gasteiger partial charge in [0.2, 0.25) is 0 Å². The van der Waals surface area contributed by atoms with Gasteiger partial charge in [0, 0.05) is 22.4 Å². The molecular weight excluding hydrogens is 294 g/mol. The Kier molecular flexibility index (Phi) is 5.52. The molecule has 0 atom stereocenters. The van der Waals surface area contributed by atoms with Crippen molar-refractivity contribution in [3.05, 3.63) is 52.9 Å². The molecule has 0 aliphatic heterocycles. The minimum absolute atomic E-state index is 0.319. The molecule has 116 valence electrons. The van der Waals surface area contributed by atoms with E-state index in [0.717, 1.165) is 17.0 Å². The van der Waals surface area contributed by atoms with Gasteiger partial charge in [-0.25, -0.2) is 4.79 Å². The van der Waals surface area contributed by atoms with E-state index in [-0.39, 0.29) is 5.97 Å². The molecular formula is C18H21NO2S. The number of rotatable bonds is 5. The maximum absolute atomic E-state index is 11.3. The van der Waals surface area contributed by atoms with Crippen molar-refractivity contribution >= 4 is 22.9 Å². The minimum atomic E-state index is -0.319. The number of esters is 1. The van der Waals surface area contributed by atoms with Crippen LogP contribution in [0.4, 0.5) is 0 Å². The van der Waals surface area contributed by atoms with Crippen molar-refractivity contribution in [3.8, 4) is 10.4 Å². The molecule has 1 heterocycles. The predicted octanol–water partition coefficient (Wildman–Crippen LogP) is 4.05. The number of thiophene rings is 1. The maximum atomic E-state index is 11.3. The van der Waals surface area contributed by atoms with Gasteiger partial charge in [-0.3, -0.25) is 0 Å². The summed E-state index contributed by atoms with van der Waals surface area (Å²) >= 11 is 1.69. The van der Waals surface area contributed by atoms with Gasteiger partial charge in [0.15, 0.2) is 0 Å². The Morgan fingerprint density at radius 1 is 1.23 bits per heavy atom. The average molecular weight is 315 g/mol. The molecule has 2 aromatic rings. The van der Waals surface area contributed by atoms with Gasteiger partial charge in [-0.2, -0.15) is 0 Å². The van der Waals surface area contributed by atoms with Gasteiger partial charge in [0.05, 0.1) is 7.11 Å². The normalized spacial score (nSPS) is 11.8. The zero-order valence-corrected chi connectivity index (χ0v) is 14.2. The quantitative estimate of drug-likeness (QED) is 0.616. The van der Waals surface area contributed by atoms with Crippen LogP contribution >= 0.6 is 11.3 Å². The van der Waals surface area contributed by atoms with Crippen LogP contribution in [0.5, 0.6) is 0 Å². The molecule has 0 spiro atoms. The lowest BCUT2D eigenvalue weighted by Gasteiger charge is -2.13.